The standard InChI is InChI=1S/C15H14F2N2O/c1-10(20)19-12-6-7-14(17)15(8-12)18-9-11-4-2-3-5-13(11)16/h2-8,18H,9H2,1H3,(H,19,20). The fourth-order valence-corrected chi connectivity index (χ4v) is 1.77. The van der Waals surface area contributed by atoms with Crippen molar-refractivity contribution in [3.05, 3.63) is 59.7 Å². The second kappa shape index (κ2) is 6.14. The van der Waals surface area contributed by atoms with Crippen LogP contribution in [0.2, 0.25) is 0 Å². The molecular formula is C15H14F2N2O. The molecule has 0 atom stereocenters. The average molecular weight is 276 g/mol. The van der Waals surface area contributed by atoms with E-state index >= 15 is 0 Å². The molecule has 1 amide bonds. The molecule has 0 aliphatic carbocycles. The van der Waals surface area contributed by atoms with Gasteiger partial charge in [-0.05, 0) is 24.3 Å². The van der Waals surface area contributed by atoms with Crippen molar-refractivity contribution >= 4 is 17.3 Å². The van der Waals surface area contributed by atoms with Crippen LogP contribution in [0.5, 0.6) is 0 Å². The average Bonchev–Trinajstić information content (AvgIpc) is 2.40. The Morgan fingerprint density at radius 2 is 1.85 bits per heavy atom. The van der Waals surface area contributed by atoms with Crippen molar-refractivity contribution < 1.29 is 13.6 Å². The minimum absolute atomic E-state index is 0.160. The molecule has 0 unspecified atom stereocenters. The predicted octanol–water partition coefficient (Wildman–Crippen LogP) is 3.54. The van der Waals surface area contributed by atoms with Crippen molar-refractivity contribution in [2.24, 2.45) is 0 Å². The maximum Gasteiger partial charge on any atom is 0.221 e. The lowest BCUT2D eigenvalue weighted by Gasteiger charge is -2.10. The van der Waals surface area contributed by atoms with Crippen LogP contribution in [0.1, 0.15) is 12.5 Å². The minimum Gasteiger partial charge on any atom is -0.378 e. The van der Waals surface area contributed by atoms with E-state index in [4.69, 9.17) is 0 Å². The number of benzene rings is 2. The second-order valence-electron chi connectivity index (χ2n) is 4.32. The molecule has 0 aliphatic rings. The van der Waals surface area contributed by atoms with Gasteiger partial charge in [-0.1, -0.05) is 18.2 Å². The van der Waals surface area contributed by atoms with Crippen LogP contribution < -0.4 is 10.6 Å². The molecule has 5 heteroatoms. The van der Waals surface area contributed by atoms with Crippen LogP contribution in [0.4, 0.5) is 20.2 Å². The molecule has 0 aliphatic heterocycles. The predicted molar refractivity (Wildman–Crippen MR) is 74.4 cm³/mol. The quantitative estimate of drug-likeness (QED) is 0.896. The molecule has 0 spiro atoms. The van der Waals surface area contributed by atoms with E-state index in [9.17, 15) is 13.6 Å². The zero-order valence-electron chi connectivity index (χ0n) is 10.9. The third-order valence-corrected chi connectivity index (χ3v) is 2.71. The van der Waals surface area contributed by atoms with Gasteiger partial charge in [0.25, 0.3) is 0 Å². The SMILES string of the molecule is CC(=O)Nc1ccc(F)c(NCc2ccccc2F)c1. The van der Waals surface area contributed by atoms with E-state index in [2.05, 4.69) is 10.6 Å². The Morgan fingerprint density at radius 1 is 1.10 bits per heavy atom. The van der Waals surface area contributed by atoms with Gasteiger partial charge < -0.3 is 10.6 Å². The molecular weight excluding hydrogens is 262 g/mol. The normalized spacial score (nSPS) is 10.2. The van der Waals surface area contributed by atoms with Crippen LogP contribution >= 0.6 is 0 Å². The highest BCUT2D eigenvalue weighted by atomic mass is 19.1. The molecule has 104 valence electrons. The van der Waals surface area contributed by atoms with Gasteiger partial charge >= 0.3 is 0 Å². The summed E-state index contributed by atoms with van der Waals surface area (Å²) in [5.74, 6) is -1.05. The minimum atomic E-state index is -0.463. The lowest BCUT2D eigenvalue weighted by Crippen LogP contribution is -2.08. The van der Waals surface area contributed by atoms with E-state index in [1.54, 1.807) is 18.2 Å². The summed E-state index contributed by atoms with van der Waals surface area (Å²) < 4.78 is 27.1. The molecule has 0 bridgehead atoms. The first-order chi connectivity index (χ1) is 9.56. The number of carbonyl (C=O) groups excluding carboxylic acids is 1. The molecule has 2 N–H and O–H groups in total. The summed E-state index contributed by atoms with van der Waals surface area (Å²) in [6.07, 6.45) is 0. The van der Waals surface area contributed by atoms with Crippen LogP contribution in [0.15, 0.2) is 42.5 Å². The van der Waals surface area contributed by atoms with Crippen molar-refractivity contribution in [1.29, 1.82) is 0 Å². The lowest BCUT2D eigenvalue weighted by molar-refractivity contribution is -0.114. The molecule has 2 aromatic carbocycles. The topological polar surface area (TPSA) is 41.1 Å². The van der Waals surface area contributed by atoms with E-state index in [1.807, 2.05) is 0 Å². The Hall–Kier alpha value is -2.43. The van der Waals surface area contributed by atoms with Crippen LogP contribution in [-0.2, 0) is 11.3 Å². The molecule has 2 rings (SSSR count). The van der Waals surface area contributed by atoms with E-state index < -0.39 is 5.82 Å². The first-order valence-corrected chi connectivity index (χ1v) is 6.10. The van der Waals surface area contributed by atoms with Gasteiger partial charge in [-0.15, -0.1) is 0 Å². The molecule has 0 radical (unpaired) electrons. The Labute approximate surface area is 115 Å². The largest absolute Gasteiger partial charge is 0.378 e. The Balaban J connectivity index is 2.12. The first kappa shape index (κ1) is 14.0. The Morgan fingerprint density at radius 3 is 2.55 bits per heavy atom. The number of amides is 1. The molecule has 20 heavy (non-hydrogen) atoms. The van der Waals surface area contributed by atoms with Crippen LogP contribution in [0.25, 0.3) is 0 Å². The van der Waals surface area contributed by atoms with E-state index in [-0.39, 0.29) is 24.0 Å². The van der Waals surface area contributed by atoms with Gasteiger partial charge in [-0.2, -0.15) is 0 Å². The van der Waals surface area contributed by atoms with Gasteiger partial charge in [-0.3, -0.25) is 4.79 Å². The zero-order chi connectivity index (χ0) is 14.5. The highest BCUT2D eigenvalue weighted by Crippen LogP contribution is 2.20. The van der Waals surface area contributed by atoms with Crippen molar-refractivity contribution in [3.8, 4) is 0 Å². The first-order valence-electron chi connectivity index (χ1n) is 6.10. The highest BCUT2D eigenvalue weighted by Gasteiger charge is 2.06. The molecule has 0 fully saturated rings. The number of nitrogens with one attached hydrogen (secondary N) is 2. The van der Waals surface area contributed by atoms with Gasteiger partial charge in [0.15, 0.2) is 0 Å². The van der Waals surface area contributed by atoms with Crippen LogP contribution in [0, 0.1) is 11.6 Å². The molecule has 0 heterocycles. The van der Waals surface area contributed by atoms with Crippen molar-refractivity contribution in [2.75, 3.05) is 10.6 Å². The third kappa shape index (κ3) is 3.54. The van der Waals surface area contributed by atoms with E-state index in [0.29, 0.717) is 11.3 Å². The number of anilines is 2. The van der Waals surface area contributed by atoms with Crippen molar-refractivity contribution in [3.63, 3.8) is 0 Å². The summed E-state index contributed by atoms with van der Waals surface area (Å²) in [5, 5.41) is 5.38. The van der Waals surface area contributed by atoms with Gasteiger partial charge in [0.1, 0.15) is 11.6 Å². The summed E-state index contributed by atoms with van der Waals surface area (Å²) in [7, 11) is 0. The summed E-state index contributed by atoms with van der Waals surface area (Å²) >= 11 is 0. The maximum atomic E-state index is 13.6. The van der Waals surface area contributed by atoms with Gasteiger partial charge in [0, 0.05) is 24.7 Å². The summed E-state index contributed by atoms with van der Waals surface area (Å²) in [4.78, 5) is 11.0. The molecule has 0 aromatic heterocycles. The monoisotopic (exact) mass is 276 g/mol. The van der Waals surface area contributed by atoms with Gasteiger partial charge in [-0.25, -0.2) is 8.78 Å². The fraction of sp³-hybridized carbons (Fsp3) is 0.133. The molecule has 0 saturated heterocycles. The smallest absolute Gasteiger partial charge is 0.221 e. The van der Waals surface area contributed by atoms with E-state index in [1.165, 1.54) is 31.2 Å². The lowest BCUT2D eigenvalue weighted by atomic mass is 10.2. The van der Waals surface area contributed by atoms with Crippen LogP contribution in [0.3, 0.4) is 0 Å². The summed E-state index contributed by atoms with van der Waals surface area (Å²) in [6.45, 7) is 1.53. The van der Waals surface area contributed by atoms with E-state index in [0.717, 1.165) is 0 Å². The van der Waals surface area contributed by atoms with Crippen LogP contribution in [-0.4, -0.2) is 5.91 Å². The van der Waals surface area contributed by atoms with Crippen molar-refractivity contribution in [2.45, 2.75) is 13.5 Å². The zero-order valence-corrected chi connectivity index (χ0v) is 10.9. The number of carbonyl (C=O) groups is 1. The van der Waals surface area contributed by atoms with Gasteiger partial charge in [0.05, 0.1) is 5.69 Å². The number of hydrogen-bond donors (Lipinski definition) is 2. The fourth-order valence-electron chi connectivity index (χ4n) is 1.77. The maximum absolute atomic E-state index is 13.6. The molecule has 2 aromatic rings. The third-order valence-electron chi connectivity index (χ3n) is 2.71. The summed E-state index contributed by atoms with van der Waals surface area (Å²) in [5.41, 5.74) is 1.13. The Kier molecular flexibility index (Phi) is 4.30. The van der Waals surface area contributed by atoms with Gasteiger partial charge in [0.2, 0.25) is 5.91 Å². The molecule has 3 nitrogen and oxygen atoms in total. The summed E-state index contributed by atoms with van der Waals surface area (Å²) in [6, 6.07) is 10.5. The number of hydrogen-bond acceptors (Lipinski definition) is 2. The molecule has 0 saturated carbocycles. The number of rotatable bonds is 4. The highest BCUT2D eigenvalue weighted by molar-refractivity contribution is 5.89. The second-order valence-corrected chi connectivity index (χ2v) is 4.32. The number of halogens is 2. The van der Waals surface area contributed by atoms with Crippen molar-refractivity contribution in [1.82, 2.24) is 0 Å². The Bertz CT molecular complexity index is 629.